The Morgan fingerprint density at radius 2 is 1.62 bits per heavy atom. The van der Waals surface area contributed by atoms with Gasteiger partial charge < -0.3 is 19.4 Å². The normalized spacial score (nSPS) is 15.8. The maximum atomic E-state index is 14.2. The van der Waals surface area contributed by atoms with E-state index in [0.717, 1.165) is 25.2 Å². The summed E-state index contributed by atoms with van der Waals surface area (Å²) >= 11 is 5.89. The fraction of sp³-hybridized carbons (Fsp3) is 0.440. The summed E-state index contributed by atoms with van der Waals surface area (Å²) in [6.07, 6.45) is 1.63. The molecule has 1 aliphatic rings. The second-order valence-electron chi connectivity index (χ2n) is 8.36. The summed E-state index contributed by atoms with van der Waals surface area (Å²) in [7, 11) is 1.98. The molecular formula is C25H30ClF2N3O3. The highest BCUT2D eigenvalue weighted by atomic mass is 35.5. The SMILES string of the molecule is CCC(=O)N1CCCN(C)CCCN(C(=O)COc2ccc(Cl)cc2)Cc2cc(F)c(F)cc21. The molecule has 0 spiro atoms. The molecule has 0 radical (unpaired) electrons. The highest BCUT2D eigenvalue weighted by molar-refractivity contribution is 6.30. The maximum Gasteiger partial charge on any atom is 0.260 e. The topological polar surface area (TPSA) is 53.1 Å². The van der Waals surface area contributed by atoms with Gasteiger partial charge in [-0.1, -0.05) is 18.5 Å². The fourth-order valence-corrected chi connectivity index (χ4v) is 4.06. The molecule has 2 aromatic rings. The largest absolute Gasteiger partial charge is 0.484 e. The van der Waals surface area contributed by atoms with E-state index in [1.54, 1.807) is 36.1 Å². The first-order valence-electron chi connectivity index (χ1n) is 11.4. The second kappa shape index (κ2) is 12.1. The van der Waals surface area contributed by atoms with E-state index >= 15 is 0 Å². The van der Waals surface area contributed by atoms with Crippen molar-refractivity contribution in [1.29, 1.82) is 0 Å². The van der Waals surface area contributed by atoms with Gasteiger partial charge in [0, 0.05) is 37.1 Å². The molecule has 9 heteroatoms. The van der Waals surface area contributed by atoms with Gasteiger partial charge in [0.1, 0.15) is 5.75 Å². The standard InChI is InChI=1S/C25H30ClF2N3O3/c1-3-24(32)31-13-5-11-29(2)10-4-12-30(16-18-14-21(27)22(28)15-23(18)31)25(33)17-34-20-8-6-19(26)7-9-20/h6-9,14-15H,3-5,10-13,16-17H2,1-2H3. The quantitative estimate of drug-likeness (QED) is 0.629. The third kappa shape index (κ3) is 6.90. The van der Waals surface area contributed by atoms with Crippen LogP contribution in [0.4, 0.5) is 14.5 Å². The van der Waals surface area contributed by atoms with E-state index in [2.05, 4.69) is 4.90 Å². The predicted octanol–water partition coefficient (Wildman–Crippen LogP) is 4.49. The van der Waals surface area contributed by atoms with Crippen LogP contribution in [0.5, 0.6) is 5.75 Å². The molecule has 0 unspecified atom stereocenters. The molecule has 0 bridgehead atoms. The number of carbonyl (C=O) groups is 2. The van der Waals surface area contributed by atoms with E-state index in [9.17, 15) is 18.4 Å². The molecule has 1 aliphatic heterocycles. The molecule has 0 atom stereocenters. The minimum atomic E-state index is -1.03. The van der Waals surface area contributed by atoms with Crippen LogP contribution in [0.3, 0.4) is 0 Å². The molecule has 34 heavy (non-hydrogen) atoms. The molecule has 2 amide bonds. The number of halogens is 3. The van der Waals surface area contributed by atoms with Crippen LogP contribution in [0.2, 0.25) is 5.02 Å². The summed E-state index contributed by atoms with van der Waals surface area (Å²) in [4.78, 5) is 31.0. The van der Waals surface area contributed by atoms with Gasteiger partial charge in [-0.2, -0.15) is 0 Å². The number of hydrogen-bond acceptors (Lipinski definition) is 4. The summed E-state index contributed by atoms with van der Waals surface area (Å²) in [6, 6.07) is 8.81. The van der Waals surface area contributed by atoms with Gasteiger partial charge in [0.05, 0.1) is 5.69 Å². The fourth-order valence-electron chi connectivity index (χ4n) is 3.93. The average molecular weight is 494 g/mol. The van der Waals surface area contributed by atoms with Crippen molar-refractivity contribution in [3.63, 3.8) is 0 Å². The molecule has 0 saturated heterocycles. The Kier molecular flexibility index (Phi) is 9.24. The zero-order chi connectivity index (χ0) is 24.7. The summed E-state index contributed by atoms with van der Waals surface area (Å²) in [6.45, 7) is 3.83. The molecular weight excluding hydrogens is 464 g/mol. The minimum absolute atomic E-state index is 0.0343. The van der Waals surface area contributed by atoms with Gasteiger partial charge in [0.15, 0.2) is 18.2 Å². The lowest BCUT2D eigenvalue weighted by Crippen LogP contribution is -2.39. The lowest BCUT2D eigenvalue weighted by molar-refractivity contribution is -0.134. The number of ether oxygens (including phenoxy) is 1. The van der Waals surface area contributed by atoms with Crippen LogP contribution in [0.15, 0.2) is 36.4 Å². The van der Waals surface area contributed by atoms with Crippen molar-refractivity contribution in [3.05, 3.63) is 58.6 Å². The van der Waals surface area contributed by atoms with E-state index in [0.29, 0.717) is 48.0 Å². The van der Waals surface area contributed by atoms with Gasteiger partial charge in [0.2, 0.25) is 5.91 Å². The lowest BCUT2D eigenvalue weighted by Gasteiger charge is -2.31. The summed E-state index contributed by atoms with van der Waals surface area (Å²) in [5, 5.41) is 0.558. The van der Waals surface area contributed by atoms with E-state index in [1.807, 2.05) is 7.05 Å². The zero-order valence-electron chi connectivity index (χ0n) is 19.5. The highest BCUT2D eigenvalue weighted by Crippen LogP contribution is 2.27. The summed E-state index contributed by atoms with van der Waals surface area (Å²) in [5.74, 6) is -2.02. The summed E-state index contributed by atoms with van der Waals surface area (Å²) < 4.78 is 34.1. The first-order chi connectivity index (χ1) is 16.3. The van der Waals surface area contributed by atoms with Crippen LogP contribution in [-0.4, -0.2) is 61.4 Å². The van der Waals surface area contributed by atoms with Crippen LogP contribution in [0, 0.1) is 11.6 Å². The average Bonchev–Trinajstić information content (AvgIpc) is 2.81. The molecule has 0 aromatic heterocycles. The number of carbonyl (C=O) groups excluding carboxylic acids is 2. The van der Waals surface area contributed by atoms with Crippen LogP contribution in [0.1, 0.15) is 31.7 Å². The van der Waals surface area contributed by atoms with Crippen molar-refractivity contribution in [2.45, 2.75) is 32.7 Å². The van der Waals surface area contributed by atoms with E-state index in [1.165, 1.54) is 4.90 Å². The Balaban J connectivity index is 1.89. The Morgan fingerprint density at radius 1 is 0.971 bits per heavy atom. The van der Waals surface area contributed by atoms with Crippen LogP contribution >= 0.6 is 11.6 Å². The smallest absolute Gasteiger partial charge is 0.260 e. The van der Waals surface area contributed by atoms with Gasteiger partial charge in [-0.3, -0.25) is 9.59 Å². The van der Waals surface area contributed by atoms with Crippen molar-refractivity contribution in [3.8, 4) is 5.75 Å². The van der Waals surface area contributed by atoms with Gasteiger partial charge in [0.25, 0.3) is 5.91 Å². The third-order valence-corrected chi connectivity index (χ3v) is 6.05. The molecule has 0 saturated carbocycles. The maximum absolute atomic E-state index is 14.2. The van der Waals surface area contributed by atoms with Gasteiger partial charge in [-0.05, 0) is 68.9 Å². The molecule has 3 rings (SSSR count). The van der Waals surface area contributed by atoms with Gasteiger partial charge in [-0.25, -0.2) is 8.78 Å². The number of amides is 2. The Morgan fingerprint density at radius 3 is 2.29 bits per heavy atom. The molecule has 184 valence electrons. The number of nitrogens with zero attached hydrogens (tertiary/aromatic N) is 3. The van der Waals surface area contributed by atoms with E-state index in [4.69, 9.17) is 16.3 Å². The van der Waals surface area contributed by atoms with E-state index in [-0.39, 0.29) is 31.4 Å². The third-order valence-electron chi connectivity index (χ3n) is 5.80. The zero-order valence-corrected chi connectivity index (χ0v) is 20.3. The van der Waals surface area contributed by atoms with Crippen molar-refractivity contribution in [2.75, 3.05) is 44.7 Å². The second-order valence-corrected chi connectivity index (χ2v) is 8.80. The van der Waals surface area contributed by atoms with Crippen molar-refractivity contribution in [1.82, 2.24) is 9.80 Å². The monoisotopic (exact) mass is 493 g/mol. The molecule has 0 fully saturated rings. The Labute approximate surface area is 204 Å². The Bertz CT molecular complexity index is 1000. The molecule has 0 aliphatic carbocycles. The summed E-state index contributed by atoms with van der Waals surface area (Å²) in [5.41, 5.74) is 0.680. The van der Waals surface area contributed by atoms with Crippen LogP contribution in [0.25, 0.3) is 0 Å². The minimum Gasteiger partial charge on any atom is -0.484 e. The number of benzene rings is 2. The molecule has 0 N–H and O–H groups in total. The molecule has 2 aromatic carbocycles. The van der Waals surface area contributed by atoms with Crippen LogP contribution in [-0.2, 0) is 16.1 Å². The first-order valence-corrected chi connectivity index (χ1v) is 11.8. The molecule has 1 heterocycles. The lowest BCUT2D eigenvalue weighted by atomic mass is 10.1. The number of anilines is 1. The number of hydrogen-bond donors (Lipinski definition) is 0. The van der Waals surface area contributed by atoms with Crippen molar-refractivity contribution >= 4 is 29.1 Å². The first kappa shape index (κ1) is 25.9. The van der Waals surface area contributed by atoms with E-state index < -0.39 is 11.6 Å². The predicted molar refractivity (Wildman–Crippen MR) is 128 cm³/mol. The van der Waals surface area contributed by atoms with Gasteiger partial charge >= 0.3 is 0 Å². The van der Waals surface area contributed by atoms with Crippen molar-refractivity contribution in [2.24, 2.45) is 0 Å². The number of rotatable bonds is 4. The Hall–Kier alpha value is -2.71. The molecule has 6 nitrogen and oxygen atoms in total. The van der Waals surface area contributed by atoms with Crippen LogP contribution < -0.4 is 9.64 Å². The number of fused-ring (bicyclic) bond motifs is 1. The van der Waals surface area contributed by atoms with Gasteiger partial charge in [-0.15, -0.1) is 0 Å². The van der Waals surface area contributed by atoms with Crippen molar-refractivity contribution < 1.29 is 23.1 Å². The highest BCUT2D eigenvalue weighted by Gasteiger charge is 2.24.